The van der Waals surface area contributed by atoms with Gasteiger partial charge in [-0.05, 0) is 12.5 Å². The Hall–Kier alpha value is -0.760. The van der Waals surface area contributed by atoms with Crippen LogP contribution in [-0.2, 0) is 13.0 Å². The molecule has 1 aliphatic rings. The smallest absolute Gasteiger partial charge is 0.109 e. The molecule has 54 valence electrons. The van der Waals surface area contributed by atoms with Crippen LogP contribution in [0.1, 0.15) is 16.9 Å². The van der Waals surface area contributed by atoms with E-state index < -0.39 is 0 Å². The molecule has 0 unspecified atom stereocenters. The highest BCUT2D eigenvalue weighted by molar-refractivity contribution is 5.28. The Balaban J connectivity index is 2.45. The van der Waals surface area contributed by atoms with Crippen molar-refractivity contribution in [2.45, 2.75) is 19.9 Å². The second-order valence-electron chi connectivity index (χ2n) is 2.75. The summed E-state index contributed by atoms with van der Waals surface area (Å²) in [5.41, 5.74) is 2.65. The Bertz CT molecular complexity index is 239. The van der Waals surface area contributed by atoms with E-state index in [4.69, 9.17) is 4.42 Å². The minimum atomic E-state index is 0.984. The van der Waals surface area contributed by atoms with Crippen LogP contribution in [-0.4, -0.2) is 6.54 Å². The van der Waals surface area contributed by atoms with Gasteiger partial charge in [-0.1, -0.05) is 0 Å². The lowest BCUT2D eigenvalue weighted by molar-refractivity contribution is 0.474. The van der Waals surface area contributed by atoms with Crippen molar-refractivity contribution in [3.63, 3.8) is 0 Å². The molecule has 0 bridgehead atoms. The molecule has 2 nitrogen and oxygen atoms in total. The third-order valence-electron chi connectivity index (χ3n) is 2.02. The minimum Gasteiger partial charge on any atom is -0.469 e. The molecule has 2 rings (SSSR count). The molecular formula is C8H11NO. The summed E-state index contributed by atoms with van der Waals surface area (Å²) in [6.45, 7) is 4.13. The summed E-state index contributed by atoms with van der Waals surface area (Å²) in [7, 11) is 0. The van der Waals surface area contributed by atoms with Crippen molar-refractivity contribution in [1.29, 1.82) is 0 Å². The predicted molar refractivity (Wildman–Crippen MR) is 38.9 cm³/mol. The Labute approximate surface area is 60.2 Å². The number of aryl methyl sites for hydroxylation is 1. The average molecular weight is 137 g/mol. The van der Waals surface area contributed by atoms with Gasteiger partial charge in [0, 0.05) is 25.1 Å². The Morgan fingerprint density at radius 1 is 1.60 bits per heavy atom. The summed E-state index contributed by atoms with van der Waals surface area (Å²) in [5, 5.41) is 3.31. The summed E-state index contributed by atoms with van der Waals surface area (Å²) in [6, 6.07) is 0. The molecule has 0 atom stereocenters. The number of fused-ring (bicyclic) bond motifs is 1. The van der Waals surface area contributed by atoms with Crippen LogP contribution >= 0.6 is 0 Å². The number of hydrogen-bond donors (Lipinski definition) is 1. The lowest BCUT2D eigenvalue weighted by Gasteiger charge is -2.11. The van der Waals surface area contributed by atoms with Crippen LogP contribution in [0.2, 0.25) is 0 Å². The van der Waals surface area contributed by atoms with Crippen molar-refractivity contribution in [1.82, 2.24) is 5.32 Å². The predicted octanol–water partition coefficient (Wildman–Crippen LogP) is 1.23. The van der Waals surface area contributed by atoms with E-state index in [1.54, 1.807) is 0 Å². The first-order valence-electron chi connectivity index (χ1n) is 3.64. The molecule has 1 aromatic rings. The third kappa shape index (κ3) is 0.762. The van der Waals surface area contributed by atoms with Crippen LogP contribution in [0.4, 0.5) is 0 Å². The minimum absolute atomic E-state index is 0.984. The quantitative estimate of drug-likeness (QED) is 0.582. The maximum Gasteiger partial charge on any atom is 0.109 e. The second kappa shape index (κ2) is 2.13. The number of hydrogen-bond acceptors (Lipinski definition) is 2. The van der Waals surface area contributed by atoms with Gasteiger partial charge in [0.05, 0.1) is 6.26 Å². The SMILES string of the molecule is Cc1coc2c1CNCC2. The summed E-state index contributed by atoms with van der Waals surface area (Å²) in [4.78, 5) is 0. The van der Waals surface area contributed by atoms with E-state index in [0.29, 0.717) is 0 Å². The average Bonchev–Trinajstić information content (AvgIpc) is 2.34. The van der Waals surface area contributed by atoms with Crippen molar-refractivity contribution >= 4 is 0 Å². The van der Waals surface area contributed by atoms with Crippen LogP contribution in [0.3, 0.4) is 0 Å². The molecule has 0 radical (unpaired) electrons. The molecule has 2 heterocycles. The van der Waals surface area contributed by atoms with Gasteiger partial charge in [-0.25, -0.2) is 0 Å². The molecule has 1 N–H and O–H groups in total. The zero-order valence-electron chi connectivity index (χ0n) is 6.11. The molecule has 0 aliphatic carbocycles. The van der Waals surface area contributed by atoms with Gasteiger partial charge in [0.1, 0.15) is 5.76 Å². The molecule has 0 saturated heterocycles. The topological polar surface area (TPSA) is 25.2 Å². The van der Waals surface area contributed by atoms with Crippen molar-refractivity contribution in [3.05, 3.63) is 23.2 Å². The van der Waals surface area contributed by atoms with E-state index >= 15 is 0 Å². The lowest BCUT2D eigenvalue weighted by atomic mass is 10.1. The van der Waals surface area contributed by atoms with Crippen molar-refractivity contribution in [2.75, 3.05) is 6.54 Å². The van der Waals surface area contributed by atoms with Gasteiger partial charge in [0.25, 0.3) is 0 Å². The fourth-order valence-electron chi connectivity index (χ4n) is 1.38. The van der Waals surface area contributed by atoms with E-state index in [0.717, 1.165) is 19.5 Å². The fourth-order valence-corrected chi connectivity index (χ4v) is 1.38. The lowest BCUT2D eigenvalue weighted by Crippen LogP contribution is -2.22. The van der Waals surface area contributed by atoms with Gasteiger partial charge in [0.15, 0.2) is 0 Å². The van der Waals surface area contributed by atoms with Gasteiger partial charge >= 0.3 is 0 Å². The molecule has 0 amide bonds. The molecule has 1 aromatic heterocycles. The number of nitrogens with one attached hydrogen (secondary N) is 1. The maximum atomic E-state index is 5.35. The normalized spacial score (nSPS) is 16.9. The molecule has 0 fully saturated rings. The van der Waals surface area contributed by atoms with Crippen molar-refractivity contribution < 1.29 is 4.42 Å². The Morgan fingerprint density at radius 2 is 2.50 bits per heavy atom. The number of rotatable bonds is 0. The first kappa shape index (κ1) is 5.98. The second-order valence-corrected chi connectivity index (χ2v) is 2.75. The summed E-state index contributed by atoms with van der Waals surface area (Å²) in [5.74, 6) is 1.18. The largest absolute Gasteiger partial charge is 0.469 e. The molecule has 2 heteroatoms. The molecule has 10 heavy (non-hydrogen) atoms. The van der Waals surface area contributed by atoms with Gasteiger partial charge in [-0.2, -0.15) is 0 Å². The zero-order valence-corrected chi connectivity index (χ0v) is 6.11. The highest BCUT2D eigenvalue weighted by Crippen LogP contribution is 2.18. The van der Waals surface area contributed by atoms with E-state index in [-0.39, 0.29) is 0 Å². The van der Waals surface area contributed by atoms with Gasteiger partial charge < -0.3 is 9.73 Å². The van der Waals surface area contributed by atoms with Gasteiger partial charge in [-0.3, -0.25) is 0 Å². The van der Waals surface area contributed by atoms with Gasteiger partial charge in [0.2, 0.25) is 0 Å². The molecule has 0 aromatic carbocycles. The first-order chi connectivity index (χ1) is 4.88. The summed E-state index contributed by atoms with van der Waals surface area (Å²) < 4.78 is 5.35. The highest BCUT2D eigenvalue weighted by atomic mass is 16.3. The van der Waals surface area contributed by atoms with Crippen molar-refractivity contribution in [3.8, 4) is 0 Å². The van der Waals surface area contributed by atoms with Crippen molar-refractivity contribution in [2.24, 2.45) is 0 Å². The zero-order chi connectivity index (χ0) is 6.97. The molecule has 0 saturated carbocycles. The highest BCUT2D eigenvalue weighted by Gasteiger charge is 2.13. The first-order valence-corrected chi connectivity index (χ1v) is 3.64. The van der Waals surface area contributed by atoms with Crippen LogP contribution < -0.4 is 5.32 Å². The van der Waals surface area contributed by atoms with Crippen LogP contribution in [0.15, 0.2) is 10.7 Å². The van der Waals surface area contributed by atoms with Crippen LogP contribution in [0.5, 0.6) is 0 Å². The number of furan rings is 1. The van der Waals surface area contributed by atoms with Crippen LogP contribution in [0, 0.1) is 6.92 Å². The van der Waals surface area contributed by atoms with E-state index in [1.165, 1.54) is 16.9 Å². The van der Waals surface area contributed by atoms with E-state index in [2.05, 4.69) is 12.2 Å². The standard InChI is InChI=1S/C8H11NO/c1-6-5-10-8-2-3-9-4-7(6)8/h5,9H,2-4H2,1H3. The maximum absolute atomic E-state index is 5.35. The monoisotopic (exact) mass is 137 g/mol. The molecule has 1 aliphatic heterocycles. The summed E-state index contributed by atoms with van der Waals surface area (Å²) >= 11 is 0. The molecule has 0 spiro atoms. The van der Waals surface area contributed by atoms with E-state index in [9.17, 15) is 0 Å². The molecular weight excluding hydrogens is 126 g/mol. The van der Waals surface area contributed by atoms with E-state index in [1.807, 2.05) is 6.26 Å². The third-order valence-corrected chi connectivity index (χ3v) is 2.02. The van der Waals surface area contributed by atoms with Crippen LogP contribution in [0.25, 0.3) is 0 Å². The fraction of sp³-hybridized carbons (Fsp3) is 0.500. The Kier molecular flexibility index (Phi) is 1.27. The summed E-state index contributed by atoms with van der Waals surface area (Å²) in [6.07, 6.45) is 2.89. The van der Waals surface area contributed by atoms with Gasteiger partial charge in [-0.15, -0.1) is 0 Å². The Morgan fingerprint density at radius 3 is 3.30 bits per heavy atom.